The molecule has 1 fully saturated rings. The van der Waals surface area contributed by atoms with Gasteiger partial charge >= 0.3 is 0 Å². The number of benzene rings is 1. The minimum Gasteiger partial charge on any atom is -0.342 e. The number of nitrogens with one attached hydrogen (secondary N) is 1. The molecular weight excluding hydrogens is 374 g/mol. The second-order valence-corrected chi connectivity index (χ2v) is 8.10. The molecule has 1 aromatic rings. The predicted molar refractivity (Wildman–Crippen MR) is 114 cm³/mol. The molecule has 3 amide bonds. The van der Waals surface area contributed by atoms with E-state index in [1.54, 1.807) is 4.90 Å². The highest BCUT2D eigenvalue weighted by molar-refractivity contribution is 8.00. The van der Waals surface area contributed by atoms with Crippen molar-refractivity contribution in [3.8, 4) is 0 Å². The van der Waals surface area contributed by atoms with Gasteiger partial charge in [-0.25, -0.2) is 0 Å². The van der Waals surface area contributed by atoms with E-state index in [1.165, 1.54) is 18.2 Å². The summed E-state index contributed by atoms with van der Waals surface area (Å²) in [5, 5.41) is 2.87. The van der Waals surface area contributed by atoms with Gasteiger partial charge in [0.05, 0.1) is 18.1 Å². The van der Waals surface area contributed by atoms with Crippen molar-refractivity contribution in [3.63, 3.8) is 0 Å². The molecule has 0 spiro atoms. The van der Waals surface area contributed by atoms with Crippen LogP contribution in [-0.2, 0) is 14.4 Å². The highest BCUT2D eigenvalue weighted by Gasteiger charge is 2.19. The van der Waals surface area contributed by atoms with Crippen LogP contribution in [0.5, 0.6) is 0 Å². The lowest BCUT2D eigenvalue weighted by atomic mass is 10.1. The first kappa shape index (κ1) is 22.3. The van der Waals surface area contributed by atoms with E-state index in [1.807, 2.05) is 43.0 Å². The number of piperidine rings is 1. The fourth-order valence-corrected chi connectivity index (χ4v) is 4.01. The highest BCUT2D eigenvalue weighted by Crippen LogP contribution is 2.14. The number of aryl methyl sites for hydroxylation is 1. The lowest BCUT2D eigenvalue weighted by molar-refractivity contribution is -0.132. The Balaban J connectivity index is 1.79. The Labute approximate surface area is 172 Å². The molecule has 0 aliphatic carbocycles. The third-order valence-electron chi connectivity index (χ3n) is 4.76. The van der Waals surface area contributed by atoms with E-state index in [2.05, 4.69) is 5.32 Å². The topological polar surface area (TPSA) is 69.7 Å². The van der Waals surface area contributed by atoms with E-state index in [-0.39, 0.29) is 30.0 Å². The van der Waals surface area contributed by atoms with Crippen molar-refractivity contribution in [1.29, 1.82) is 0 Å². The summed E-state index contributed by atoms with van der Waals surface area (Å²) in [6.07, 6.45) is 4.10. The summed E-state index contributed by atoms with van der Waals surface area (Å²) in [7, 11) is 0. The second-order valence-electron chi connectivity index (χ2n) is 7.11. The number of thioether (sulfide) groups is 1. The van der Waals surface area contributed by atoms with Crippen molar-refractivity contribution in [3.05, 3.63) is 29.8 Å². The van der Waals surface area contributed by atoms with E-state index >= 15 is 0 Å². The predicted octanol–water partition coefficient (Wildman–Crippen LogP) is 2.92. The number of amides is 3. The molecule has 0 radical (unpaired) electrons. The van der Waals surface area contributed by atoms with Gasteiger partial charge in [0.25, 0.3) is 0 Å². The third-order valence-corrected chi connectivity index (χ3v) is 5.66. The van der Waals surface area contributed by atoms with Crippen molar-refractivity contribution in [2.24, 2.45) is 0 Å². The van der Waals surface area contributed by atoms with Gasteiger partial charge < -0.3 is 15.1 Å². The van der Waals surface area contributed by atoms with Crippen molar-refractivity contribution in [2.75, 3.05) is 43.0 Å². The Kier molecular flexibility index (Phi) is 9.34. The molecule has 0 aromatic heterocycles. The van der Waals surface area contributed by atoms with Crippen molar-refractivity contribution >= 4 is 35.2 Å². The van der Waals surface area contributed by atoms with Gasteiger partial charge in [0.1, 0.15) is 0 Å². The molecule has 7 heteroatoms. The Bertz CT molecular complexity index is 675. The number of carbonyl (C=O) groups is 3. The first-order valence-corrected chi connectivity index (χ1v) is 11.2. The van der Waals surface area contributed by atoms with Crippen LogP contribution in [0, 0.1) is 6.92 Å². The average Bonchev–Trinajstić information content (AvgIpc) is 2.70. The molecule has 0 bridgehead atoms. The van der Waals surface area contributed by atoms with Gasteiger partial charge in [-0.05, 0) is 44.2 Å². The van der Waals surface area contributed by atoms with Gasteiger partial charge in [0.2, 0.25) is 17.7 Å². The largest absolute Gasteiger partial charge is 0.342 e. The fourth-order valence-electron chi connectivity index (χ4n) is 3.19. The molecule has 6 nitrogen and oxygen atoms in total. The molecule has 0 unspecified atom stereocenters. The number of likely N-dealkylation sites (tertiary alicyclic amines) is 1. The van der Waals surface area contributed by atoms with Crippen LogP contribution in [0.15, 0.2) is 24.3 Å². The Morgan fingerprint density at radius 2 is 1.82 bits per heavy atom. The summed E-state index contributed by atoms with van der Waals surface area (Å²) in [5.41, 5.74) is 1.74. The number of para-hydroxylation sites is 1. The fraction of sp³-hybridized carbons (Fsp3) is 0.571. The molecule has 28 heavy (non-hydrogen) atoms. The minimum absolute atomic E-state index is 0.0294. The monoisotopic (exact) mass is 405 g/mol. The van der Waals surface area contributed by atoms with Crippen LogP contribution < -0.4 is 5.32 Å². The number of hydrogen-bond donors (Lipinski definition) is 1. The van der Waals surface area contributed by atoms with Gasteiger partial charge in [-0.2, -0.15) is 0 Å². The van der Waals surface area contributed by atoms with E-state index in [0.717, 1.165) is 43.6 Å². The standard InChI is InChI=1S/C21H31N3O3S/c1-3-11-24(14-19(25)22-18-10-6-5-9-17(18)2)21(27)16-28-15-20(26)23-12-7-4-8-13-23/h5-6,9-10H,3-4,7-8,11-16H2,1-2H3,(H,22,25). The van der Waals surface area contributed by atoms with Crippen LogP contribution in [0.1, 0.15) is 38.2 Å². The summed E-state index contributed by atoms with van der Waals surface area (Å²) in [4.78, 5) is 40.6. The van der Waals surface area contributed by atoms with E-state index in [4.69, 9.17) is 0 Å². The zero-order valence-electron chi connectivity index (χ0n) is 16.9. The van der Waals surface area contributed by atoms with Crippen LogP contribution in [0.2, 0.25) is 0 Å². The molecule has 2 rings (SSSR count). The summed E-state index contributed by atoms with van der Waals surface area (Å²) in [5.74, 6) is 0.346. The molecule has 1 saturated heterocycles. The van der Waals surface area contributed by atoms with Gasteiger partial charge in [-0.15, -0.1) is 11.8 Å². The van der Waals surface area contributed by atoms with Gasteiger partial charge in [-0.3, -0.25) is 14.4 Å². The Hall–Kier alpha value is -2.02. The molecule has 1 aliphatic rings. The Morgan fingerprint density at radius 1 is 1.11 bits per heavy atom. The molecule has 0 saturated carbocycles. The maximum Gasteiger partial charge on any atom is 0.244 e. The van der Waals surface area contributed by atoms with E-state index < -0.39 is 0 Å². The lowest BCUT2D eigenvalue weighted by Gasteiger charge is -2.26. The molecule has 1 heterocycles. The van der Waals surface area contributed by atoms with Crippen LogP contribution in [0.25, 0.3) is 0 Å². The normalized spacial score (nSPS) is 13.9. The summed E-state index contributed by atoms with van der Waals surface area (Å²) >= 11 is 1.34. The maximum absolute atomic E-state index is 12.5. The number of carbonyl (C=O) groups excluding carboxylic acids is 3. The van der Waals surface area contributed by atoms with Gasteiger partial charge in [0.15, 0.2) is 0 Å². The average molecular weight is 406 g/mol. The van der Waals surface area contributed by atoms with Crippen LogP contribution in [0.4, 0.5) is 5.69 Å². The molecule has 0 atom stereocenters. The molecule has 154 valence electrons. The Morgan fingerprint density at radius 3 is 2.50 bits per heavy atom. The van der Waals surface area contributed by atoms with Crippen LogP contribution >= 0.6 is 11.8 Å². The van der Waals surface area contributed by atoms with Gasteiger partial charge in [-0.1, -0.05) is 25.1 Å². The SMILES string of the molecule is CCCN(CC(=O)Nc1ccccc1C)C(=O)CSCC(=O)N1CCCCC1. The maximum atomic E-state index is 12.5. The summed E-state index contributed by atoms with van der Waals surface area (Å²) < 4.78 is 0. The zero-order chi connectivity index (χ0) is 20.4. The molecule has 1 N–H and O–H groups in total. The molecule has 1 aromatic carbocycles. The lowest BCUT2D eigenvalue weighted by Crippen LogP contribution is -2.40. The van der Waals surface area contributed by atoms with Crippen LogP contribution in [0.3, 0.4) is 0 Å². The van der Waals surface area contributed by atoms with Crippen molar-refractivity contribution < 1.29 is 14.4 Å². The zero-order valence-corrected chi connectivity index (χ0v) is 17.7. The number of anilines is 1. The second kappa shape index (κ2) is 11.7. The minimum atomic E-state index is -0.203. The first-order chi connectivity index (χ1) is 13.5. The quantitative estimate of drug-likeness (QED) is 0.686. The van der Waals surface area contributed by atoms with E-state index in [9.17, 15) is 14.4 Å². The number of rotatable bonds is 9. The van der Waals surface area contributed by atoms with Crippen LogP contribution in [-0.4, -0.2) is 65.2 Å². The summed E-state index contributed by atoms with van der Waals surface area (Å²) in [6, 6.07) is 7.57. The van der Waals surface area contributed by atoms with E-state index in [0.29, 0.717) is 12.3 Å². The molecular formula is C21H31N3O3S. The molecule has 1 aliphatic heterocycles. The third kappa shape index (κ3) is 7.19. The van der Waals surface area contributed by atoms with Crippen molar-refractivity contribution in [2.45, 2.75) is 39.5 Å². The number of hydrogen-bond acceptors (Lipinski definition) is 4. The highest BCUT2D eigenvalue weighted by atomic mass is 32.2. The smallest absolute Gasteiger partial charge is 0.244 e. The number of nitrogens with zero attached hydrogens (tertiary/aromatic N) is 2. The van der Waals surface area contributed by atoms with Crippen molar-refractivity contribution in [1.82, 2.24) is 9.80 Å². The summed E-state index contributed by atoms with van der Waals surface area (Å²) in [6.45, 7) is 6.12. The first-order valence-electron chi connectivity index (χ1n) is 10.00. The van der Waals surface area contributed by atoms with Gasteiger partial charge in [0, 0.05) is 25.3 Å².